The monoisotopic (exact) mass is 273 g/mol. The lowest BCUT2D eigenvalue weighted by atomic mass is 10.4. The molecule has 0 spiro atoms. The first kappa shape index (κ1) is 15.1. The molecule has 18 heavy (non-hydrogen) atoms. The Morgan fingerprint density at radius 2 is 1.78 bits per heavy atom. The van der Waals surface area contributed by atoms with Gasteiger partial charge in [-0.25, -0.2) is 0 Å². The maximum atomic E-state index is 10.4. The lowest BCUT2D eigenvalue weighted by Crippen LogP contribution is -2.35. The van der Waals surface area contributed by atoms with Crippen LogP contribution in [0.3, 0.4) is 0 Å². The standard InChI is InChI=1S/C6H13NO.C6H6O3S/c1-2-7-3-5-8-6-4-7;7-10(8,9)6-4-2-1-3-5-6/h2-6H2,1H3;1-5H,(H,7,8,9). The molecular weight excluding hydrogens is 254 g/mol. The van der Waals surface area contributed by atoms with E-state index < -0.39 is 10.1 Å². The summed E-state index contributed by atoms with van der Waals surface area (Å²) < 4.78 is 34.4. The van der Waals surface area contributed by atoms with Gasteiger partial charge in [-0.1, -0.05) is 25.1 Å². The highest BCUT2D eigenvalue weighted by molar-refractivity contribution is 7.85. The summed E-state index contributed by atoms with van der Waals surface area (Å²) >= 11 is 0. The van der Waals surface area contributed by atoms with Crippen molar-refractivity contribution < 1.29 is 17.7 Å². The molecule has 1 fully saturated rings. The van der Waals surface area contributed by atoms with E-state index in [0.29, 0.717) is 0 Å². The van der Waals surface area contributed by atoms with Crippen molar-refractivity contribution in [3.8, 4) is 0 Å². The van der Waals surface area contributed by atoms with Crippen molar-refractivity contribution in [1.29, 1.82) is 0 Å². The zero-order chi connectivity index (χ0) is 13.4. The van der Waals surface area contributed by atoms with E-state index in [0.717, 1.165) is 26.3 Å². The minimum absolute atomic E-state index is 0.0741. The quantitative estimate of drug-likeness (QED) is 0.822. The van der Waals surface area contributed by atoms with Gasteiger partial charge in [0.05, 0.1) is 18.1 Å². The molecule has 1 N–H and O–H groups in total. The van der Waals surface area contributed by atoms with E-state index in [1.54, 1.807) is 18.2 Å². The number of rotatable bonds is 2. The Kier molecular flexibility index (Phi) is 6.28. The largest absolute Gasteiger partial charge is 0.379 e. The van der Waals surface area contributed by atoms with Gasteiger partial charge in [-0.3, -0.25) is 9.45 Å². The van der Waals surface area contributed by atoms with Crippen LogP contribution in [0.1, 0.15) is 6.92 Å². The van der Waals surface area contributed by atoms with Crippen LogP contribution in [0.2, 0.25) is 0 Å². The second-order valence-corrected chi connectivity index (χ2v) is 5.26. The third-order valence-electron chi connectivity index (χ3n) is 2.59. The van der Waals surface area contributed by atoms with Crippen LogP contribution in [0.5, 0.6) is 0 Å². The highest BCUT2D eigenvalue weighted by Gasteiger charge is 2.06. The molecule has 0 saturated carbocycles. The van der Waals surface area contributed by atoms with Gasteiger partial charge in [-0.15, -0.1) is 0 Å². The molecule has 1 aromatic carbocycles. The highest BCUT2D eigenvalue weighted by atomic mass is 32.2. The van der Waals surface area contributed by atoms with Crippen LogP contribution in [0, 0.1) is 0 Å². The predicted molar refractivity (Wildman–Crippen MR) is 69.2 cm³/mol. The second-order valence-electron chi connectivity index (χ2n) is 3.83. The van der Waals surface area contributed by atoms with Gasteiger partial charge in [0.15, 0.2) is 0 Å². The van der Waals surface area contributed by atoms with Crippen molar-refractivity contribution in [1.82, 2.24) is 4.90 Å². The smallest absolute Gasteiger partial charge is 0.294 e. The van der Waals surface area contributed by atoms with Gasteiger partial charge in [0.2, 0.25) is 0 Å². The number of benzene rings is 1. The fraction of sp³-hybridized carbons (Fsp3) is 0.500. The van der Waals surface area contributed by atoms with E-state index >= 15 is 0 Å². The van der Waals surface area contributed by atoms with Crippen LogP contribution in [0.25, 0.3) is 0 Å². The van der Waals surface area contributed by atoms with Crippen LogP contribution in [-0.4, -0.2) is 50.7 Å². The molecule has 0 aliphatic carbocycles. The van der Waals surface area contributed by atoms with Crippen molar-refractivity contribution in [3.05, 3.63) is 30.3 Å². The summed E-state index contributed by atoms with van der Waals surface area (Å²) in [6, 6.07) is 7.42. The molecule has 5 nitrogen and oxygen atoms in total. The minimum atomic E-state index is -4.00. The van der Waals surface area contributed by atoms with Crippen molar-refractivity contribution in [2.75, 3.05) is 32.8 Å². The highest BCUT2D eigenvalue weighted by Crippen LogP contribution is 2.05. The maximum absolute atomic E-state index is 10.4. The first-order valence-corrected chi connectivity index (χ1v) is 7.30. The third-order valence-corrected chi connectivity index (χ3v) is 3.46. The van der Waals surface area contributed by atoms with E-state index in [2.05, 4.69) is 11.8 Å². The summed E-state index contributed by atoms with van der Waals surface area (Å²) in [5.74, 6) is 0. The molecule has 1 heterocycles. The average molecular weight is 273 g/mol. The summed E-state index contributed by atoms with van der Waals surface area (Å²) in [6.07, 6.45) is 0. The van der Waals surface area contributed by atoms with E-state index in [4.69, 9.17) is 9.29 Å². The molecule has 6 heteroatoms. The average Bonchev–Trinajstić information content (AvgIpc) is 2.40. The van der Waals surface area contributed by atoms with Gasteiger partial charge in [0.25, 0.3) is 10.1 Å². The van der Waals surface area contributed by atoms with Crippen molar-refractivity contribution in [2.24, 2.45) is 0 Å². The molecule has 0 bridgehead atoms. The molecule has 0 aromatic heterocycles. The number of hydrogen-bond donors (Lipinski definition) is 1. The fourth-order valence-corrected chi connectivity index (χ4v) is 2.01. The summed E-state index contributed by atoms with van der Waals surface area (Å²) in [4.78, 5) is 2.32. The lowest BCUT2D eigenvalue weighted by Gasteiger charge is -2.24. The molecular formula is C12H19NO4S. The van der Waals surface area contributed by atoms with E-state index in [-0.39, 0.29) is 4.90 Å². The molecule has 2 rings (SSSR count). The molecule has 1 aliphatic heterocycles. The summed E-state index contributed by atoms with van der Waals surface area (Å²) in [5.41, 5.74) is 0. The Balaban J connectivity index is 0.000000184. The molecule has 102 valence electrons. The fourth-order valence-electron chi connectivity index (χ4n) is 1.51. The molecule has 0 radical (unpaired) electrons. The predicted octanol–water partition coefficient (Wildman–Crippen LogP) is 1.27. The molecule has 0 amide bonds. The number of hydrogen-bond acceptors (Lipinski definition) is 4. The zero-order valence-corrected chi connectivity index (χ0v) is 11.3. The lowest BCUT2D eigenvalue weighted by molar-refractivity contribution is 0.0405. The minimum Gasteiger partial charge on any atom is -0.379 e. The summed E-state index contributed by atoms with van der Waals surface area (Å²) in [6.45, 7) is 7.45. The van der Waals surface area contributed by atoms with Crippen LogP contribution in [0.15, 0.2) is 35.2 Å². The summed E-state index contributed by atoms with van der Waals surface area (Å²) in [5, 5.41) is 0. The SMILES string of the molecule is CCN1CCOCC1.O=S(=O)(O)c1ccccc1. The third kappa shape index (κ3) is 5.59. The van der Waals surface area contributed by atoms with Gasteiger partial charge < -0.3 is 4.74 Å². The van der Waals surface area contributed by atoms with Crippen LogP contribution in [-0.2, 0) is 14.9 Å². The summed E-state index contributed by atoms with van der Waals surface area (Å²) in [7, 11) is -4.00. The normalized spacial score (nSPS) is 16.8. The number of ether oxygens (including phenoxy) is 1. The van der Waals surface area contributed by atoms with Gasteiger partial charge >= 0.3 is 0 Å². The zero-order valence-electron chi connectivity index (χ0n) is 10.4. The molecule has 1 aliphatic rings. The van der Waals surface area contributed by atoms with Gasteiger partial charge in [-0.2, -0.15) is 8.42 Å². The van der Waals surface area contributed by atoms with Gasteiger partial charge in [-0.05, 0) is 18.7 Å². The Bertz CT molecular complexity index is 427. The van der Waals surface area contributed by atoms with Gasteiger partial charge in [0, 0.05) is 13.1 Å². The van der Waals surface area contributed by atoms with Crippen molar-refractivity contribution >= 4 is 10.1 Å². The molecule has 1 aromatic rings. The van der Waals surface area contributed by atoms with E-state index in [1.807, 2.05) is 0 Å². The molecule has 1 saturated heterocycles. The van der Waals surface area contributed by atoms with Crippen LogP contribution in [0.4, 0.5) is 0 Å². The molecule has 0 atom stereocenters. The Morgan fingerprint density at radius 3 is 2.11 bits per heavy atom. The number of morpholine rings is 1. The Morgan fingerprint density at radius 1 is 1.22 bits per heavy atom. The number of likely N-dealkylation sites (N-methyl/N-ethyl adjacent to an activating group) is 1. The number of nitrogens with zero attached hydrogens (tertiary/aromatic N) is 1. The topological polar surface area (TPSA) is 66.8 Å². The van der Waals surface area contributed by atoms with E-state index in [9.17, 15) is 8.42 Å². The Hall–Kier alpha value is -0.950. The molecule has 0 unspecified atom stereocenters. The maximum Gasteiger partial charge on any atom is 0.294 e. The Labute approximate surface area is 108 Å². The van der Waals surface area contributed by atoms with Crippen LogP contribution < -0.4 is 0 Å². The first-order valence-electron chi connectivity index (χ1n) is 5.86. The van der Waals surface area contributed by atoms with Crippen molar-refractivity contribution in [2.45, 2.75) is 11.8 Å². The van der Waals surface area contributed by atoms with Gasteiger partial charge in [0.1, 0.15) is 0 Å². The van der Waals surface area contributed by atoms with Crippen LogP contribution >= 0.6 is 0 Å². The second kappa shape index (κ2) is 7.48. The first-order chi connectivity index (χ1) is 8.54. The van der Waals surface area contributed by atoms with Crippen molar-refractivity contribution in [3.63, 3.8) is 0 Å². The van der Waals surface area contributed by atoms with E-state index in [1.165, 1.54) is 18.7 Å².